The van der Waals surface area contributed by atoms with Gasteiger partial charge in [0.1, 0.15) is 0 Å². The summed E-state index contributed by atoms with van der Waals surface area (Å²) in [6.45, 7) is 11.3. The lowest BCUT2D eigenvalue weighted by Crippen LogP contribution is -2.42. The Labute approximate surface area is 108 Å². The average molecular weight is 240 g/mol. The molecule has 1 nitrogen and oxygen atoms in total. The van der Waals surface area contributed by atoms with Gasteiger partial charge in [0.2, 0.25) is 0 Å². The Hall–Kier alpha value is -0.0400. The van der Waals surface area contributed by atoms with Crippen LogP contribution in [0.1, 0.15) is 73.1 Å². The van der Waals surface area contributed by atoms with Crippen molar-refractivity contribution >= 4 is 0 Å². The quantitative estimate of drug-likeness (QED) is 0.742. The minimum absolute atomic E-state index is 0.400. The Balaban J connectivity index is 2.67. The minimum atomic E-state index is -0.400. The number of aliphatic hydroxyl groups is 1. The molecule has 0 bridgehead atoms. The molecule has 0 aromatic carbocycles. The highest BCUT2D eigenvalue weighted by Gasteiger charge is 2.38. The van der Waals surface area contributed by atoms with Gasteiger partial charge in [0.25, 0.3) is 0 Å². The molecule has 0 saturated heterocycles. The molecule has 1 heteroatoms. The fourth-order valence-corrected chi connectivity index (χ4v) is 3.63. The highest BCUT2D eigenvalue weighted by Crippen LogP contribution is 2.41. The largest absolute Gasteiger partial charge is 0.390 e. The lowest BCUT2D eigenvalue weighted by atomic mass is 9.68. The van der Waals surface area contributed by atoms with Crippen LogP contribution < -0.4 is 0 Å². The zero-order valence-corrected chi connectivity index (χ0v) is 12.5. The summed E-state index contributed by atoms with van der Waals surface area (Å²) in [5.74, 6) is 2.60. The van der Waals surface area contributed by atoms with Gasteiger partial charge < -0.3 is 5.11 Å². The van der Waals surface area contributed by atoms with Crippen molar-refractivity contribution in [2.75, 3.05) is 0 Å². The van der Waals surface area contributed by atoms with Gasteiger partial charge >= 0.3 is 0 Å². The van der Waals surface area contributed by atoms with Crippen LogP contribution in [0.25, 0.3) is 0 Å². The summed E-state index contributed by atoms with van der Waals surface area (Å²) >= 11 is 0. The Morgan fingerprint density at radius 3 is 1.71 bits per heavy atom. The molecule has 0 radical (unpaired) electrons. The Morgan fingerprint density at radius 2 is 1.35 bits per heavy atom. The number of hydrogen-bond donors (Lipinski definition) is 1. The van der Waals surface area contributed by atoms with Crippen molar-refractivity contribution in [1.82, 2.24) is 0 Å². The van der Waals surface area contributed by atoms with Gasteiger partial charge in [0.05, 0.1) is 5.60 Å². The molecule has 0 heterocycles. The van der Waals surface area contributed by atoms with Crippen LogP contribution >= 0.6 is 0 Å². The van der Waals surface area contributed by atoms with E-state index in [1.807, 2.05) is 0 Å². The van der Waals surface area contributed by atoms with E-state index in [0.717, 1.165) is 18.8 Å². The van der Waals surface area contributed by atoms with Gasteiger partial charge in [-0.3, -0.25) is 0 Å². The highest BCUT2D eigenvalue weighted by atomic mass is 16.3. The van der Waals surface area contributed by atoms with Crippen molar-refractivity contribution in [3.8, 4) is 0 Å². The molecule has 1 fully saturated rings. The van der Waals surface area contributed by atoms with Crippen LogP contribution in [0.3, 0.4) is 0 Å². The van der Waals surface area contributed by atoms with Gasteiger partial charge in [-0.05, 0) is 49.4 Å². The third-order valence-electron chi connectivity index (χ3n) is 4.30. The van der Waals surface area contributed by atoms with E-state index in [9.17, 15) is 5.11 Å². The summed E-state index contributed by atoms with van der Waals surface area (Å²) in [6, 6.07) is 0. The fraction of sp³-hybridized carbons (Fsp3) is 1.00. The first-order valence-electron chi connectivity index (χ1n) is 7.56. The SMILES string of the molecule is CC(C)CC(O)(CC(C)C)C1CCC(C)CC1. The van der Waals surface area contributed by atoms with Crippen LogP contribution in [0.15, 0.2) is 0 Å². The summed E-state index contributed by atoms with van der Waals surface area (Å²) in [5.41, 5.74) is -0.400. The second-order valence-corrected chi connectivity index (χ2v) is 7.26. The molecule has 102 valence electrons. The van der Waals surface area contributed by atoms with E-state index in [2.05, 4.69) is 34.6 Å². The Morgan fingerprint density at radius 1 is 0.941 bits per heavy atom. The molecular formula is C16H32O. The van der Waals surface area contributed by atoms with Crippen LogP contribution in [-0.2, 0) is 0 Å². The molecule has 0 aliphatic heterocycles. The summed E-state index contributed by atoms with van der Waals surface area (Å²) < 4.78 is 0. The maximum absolute atomic E-state index is 11.1. The van der Waals surface area contributed by atoms with Crippen molar-refractivity contribution in [2.24, 2.45) is 23.7 Å². The van der Waals surface area contributed by atoms with Crippen LogP contribution in [0, 0.1) is 23.7 Å². The molecule has 0 spiro atoms. The second-order valence-electron chi connectivity index (χ2n) is 7.26. The average Bonchev–Trinajstić information content (AvgIpc) is 2.15. The van der Waals surface area contributed by atoms with Crippen LogP contribution in [0.4, 0.5) is 0 Å². The van der Waals surface area contributed by atoms with Crippen molar-refractivity contribution in [3.63, 3.8) is 0 Å². The zero-order chi connectivity index (χ0) is 13.1. The van der Waals surface area contributed by atoms with Gasteiger partial charge in [-0.25, -0.2) is 0 Å². The zero-order valence-electron chi connectivity index (χ0n) is 12.5. The van der Waals surface area contributed by atoms with E-state index in [-0.39, 0.29) is 0 Å². The van der Waals surface area contributed by atoms with E-state index in [0.29, 0.717) is 17.8 Å². The lowest BCUT2D eigenvalue weighted by Gasteiger charge is -2.42. The van der Waals surface area contributed by atoms with E-state index in [1.54, 1.807) is 0 Å². The van der Waals surface area contributed by atoms with Crippen molar-refractivity contribution in [1.29, 1.82) is 0 Å². The molecule has 1 rings (SSSR count). The molecule has 0 aromatic heterocycles. The van der Waals surface area contributed by atoms with Crippen molar-refractivity contribution in [3.05, 3.63) is 0 Å². The number of hydrogen-bond acceptors (Lipinski definition) is 1. The van der Waals surface area contributed by atoms with Gasteiger partial charge in [-0.15, -0.1) is 0 Å². The molecule has 1 aliphatic carbocycles. The Bertz CT molecular complexity index is 202. The summed E-state index contributed by atoms with van der Waals surface area (Å²) in [5, 5.41) is 11.1. The molecule has 0 amide bonds. The fourth-order valence-electron chi connectivity index (χ4n) is 3.63. The maximum Gasteiger partial charge on any atom is 0.0680 e. The molecule has 1 N–H and O–H groups in total. The predicted octanol–water partition coefficient (Wildman–Crippen LogP) is 4.64. The van der Waals surface area contributed by atoms with E-state index >= 15 is 0 Å². The smallest absolute Gasteiger partial charge is 0.0680 e. The standard InChI is InChI=1S/C16H32O/c1-12(2)10-16(17,11-13(3)4)15-8-6-14(5)7-9-15/h12-15,17H,6-11H2,1-5H3. The van der Waals surface area contributed by atoms with Crippen molar-refractivity contribution < 1.29 is 5.11 Å². The molecule has 17 heavy (non-hydrogen) atoms. The number of rotatable bonds is 5. The van der Waals surface area contributed by atoms with Gasteiger partial charge in [-0.2, -0.15) is 0 Å². The molecule has 0 unspecified atom stereocenters. The topological polar surface area (TPSA) is 20.2 Å². The monoisotopic (exact) mass is 240 g/mol. The van der Waals surface area contributed by atoms with Gasteiger partial charge in [-0.1, -0.05) is 47.5 Å². The summed E-state index contributed by atoms with van der Waals surface area (Å²) in [6.07, 6.45) is 7.04. The minimum Gasteiger partial charge on any atom is -0.390 e. The van der Waals surface area contributed by atoms with E-state index < -0.39 is 5.60 Å². The first kappa shape index (κ1) is 15.0. The third-order valence-corrected chi connectivity index (χ3v) is 4.30. The molecule has 0 atom stereocenters. The summed E-state index contributed by atoms with van der Waals surface area (Å²) in [4.78, 5) is 0. The third kappa shape index (κ3) is 4.62. The van der Waals surface area contributed by atoms with Crippen molar-refractivity contribution in [2.45, 2.75) is 78.7 Å². The Kier molecular flexibility index (Phi) is 5.50. The van der Waals surface area contributed by atoms with E-state index in [4.69, 9.17) is 0 Å². The first-order chi connectivity index (χ1) is 7.83. The lowest BCUT2D eigenvalue weighted by molar-refractivity contribution is -0.0674. The molecule has 0 aromatic rings. The summed E-state index contributed by atoms with van der Waals surface area (Å²) in [7, 11) is 0. The van der Waals surface area contributed by atoms with E-state index in [1.165, 1.54) is 25.7 Å². The van der Waals surface area contributed by atoms with Crippen LogP contribution in [0.5, 0.6) is 0 Å². The second kappa shape index (κ2) is 6.22. The van der Waals surface area contributed by atoms with Crippen LogP contribution in [-0.4, -0.2) is 10.7 Å². The highest BCUT2D eigenvalue weighted by molar-refractivity contribution is 4.90. The predicted molar refractivity (Wildman–Crippen MR) is 75.0 cm³/mol. The normalized spacial score (nSPS) is 26.8. The van der Waals surface area contributed by atoms with Crippen LogP contribution in [0.2, 0.25) is 0 Å². The molecule has 1 saturated carbocycles. The van der Waals surface area contributed by atoms with Gasteiger partial charge in [0, 0.05) is 0 Å². The first-order valence-corrected chi connectivity index (χ1v) is 7.56. The molecular weight excluding hydrogens is 208 g/mol. The van der Waals surface area contributed by atoms with Gasteiger partial charge in [0.15, 0.2) is 0 Å². The molecule has 1 aliphatic rings. The maximum atomic E-state index is 11.1.